The summed E-state index contributed by atoms with van der Waals surface area (Å²) in [6, 6.07) is 15.1. The molecule has 2 aliphatic rings. The lowest BCUT2D eigenvalue weighted by Gasteiger charge is -2.31. The zero-order chi connectivity index (χ0) is 35.2. The summed E-state index contributed by atoms with van der Waals surface area (Å²) in [5, 5.41) is 38.3. The maximum Gasteiger partial charge on any atom is 0.152 e. The number of nitrogens with zero attached hydrogens (tertiary/aromatic N) is 13. The normalized spacial score (nSPS) is 17.9. The van der Waals surface area contributed by atoms with Gasteiger partial charge in [0, 0.05) is 74.0 Å². The summed E-state index contributed by atoms with van der Waals surface area (Å²) in [5.74, 6) is 3.57. The van der Waals surface area contributed by atoms with Crippen LogP contribution < -0.4 is 10.0 Å². The van der Waals surface area contributed by atoms with Gasteiger partial charge in [0.2, 0.25) is 0 Å². The summed E-state index contributed by atoms with van der Waals surface area (Å²) in [4.78, 5) is 43.0. The number of hydrazine groups is 2. The molecule has 0 aliphatic carbocycles. The Kier molecular flexibility index (Phi) is 7.90. The van der Waals surface area contributed by atoms with Crippen LogP contribution in [-0.4, -0.2) is 108 Å². The summed E-state index contributed by atoms with van der Waals surface area (Å²) >= 11 is 0. The van der Waals surface area contributed by atoms with Gasteiger partial charge in [0.1, 0.15) is 24.3 Å². The van der Waals surface area contributed by atoms with Gasteiger partial charge < -0.3 is 20.2 Å². The lowest BCUT2D eigenvalue weighted by Crippen LogP contribution is -2.39. The van der Waals surface area contributed by atoms with E-state index in [-0.39, 0.29) is 0 Å². The lowest BCUT2D eigenvalue weighted by molar-refractivity contribution is 0.176. The van der Waals surface area contributed by atoms with Crippen LogP contribution in [0.1, 0.15) is 18.4 Å². The van der Waals surface area contributed by atoms with Gasteiger partial charge in [0.05, 0.1) is 58.3 Å². The van der Waals surface area contributed by atoms with E-state index in [0.717, 1.165) is 0 Å². The van der Waals surface area contributed by atoms with Gasteiger partial charge in [-0.05, 0) is 31.0 Å². The van der Waals surface area contributed by atoms with Crippen LogP contribution in [0.3, 0.4) is 0 Å². The molecule has 4 N–H and O–H groups in total. The van der Waals surface area contributed by atoms with E-state index in [2.05, 4.69) is 36.0 Å². The standard InChI is InChI=1S/C35H31N15O2/c36-14-21-9-22(34-43-26-12-32(39-15-28(26)45-34)49(30-1-5-37-19-41-30)47-7-3-24(51)17-47)11-23(10-21)35-44-27-13-33(40-16-29(27)46-35)50(31-2-6-38-20-42-31)48-8-4-25(52)18-48/h1-2,5-6,9-13,15-16,19-20,24-25,51-52H,3-4,7-8,17-18H2,(H,43,45)(H,44,46). The lowest BCUT2D eigenvalue weighted by atomic mass is 10.1. The number of nitrogens with one attached hydrogen (secondary N) is 2. The van der Waals surface area contributed by atoms with Crippen LogP contribution in [0.15, 0.2) is 79.9 Å². The number of nitriles is 1. The minimum absolute atomic E-state index is 0.441. The highest BCUT2D eigenvalue weighted by molar-refractivity contribution is 5.85. The van der Waals surface area contributed by atoms with E-state index in [1.807, 2.05) is 38.2 Å². The summed E-state index contributed by atoms with van der Waals surface area (Å²) in [7, 11) is 0. The Morgan fingerprint density at radius 3 is 1.58 bits per heavy atom. The molecule has 8 heterocycles. The quantitative estimate of drug-likeness (QED) is 0.180. The molecular weight excluding hydrogens is 662 g/mol. The molecule has 2 unspecified atom stereocenters. The average Bonchev–Trinajstić information content (AvgIpc) is 3.99. The second-order valence-corrected chi connectivity index (χ2v) is 12.7. The molecule has 0 bridgehead atoms. The molecule has 1 aromatic carbocycles. The van der Waals surface area contributed by atoms with Crippen molar-refractivity contribution in [3.8, 4) is 28.8 Å². The Labute approximate surface area is 295 Å². The summed E-state index contributed by atoms with van der Waals surface area (Å²) in [5.41, 5.74) is 4.61. The van der Waals surface area contributed by atoms with Crippen LogP contribution in [-0.2, 0) is 0 Å². The van der Waals surface area contributed by atoms with Crippen molar-refractivity contribution in [2.45, 2.75) is 25.0 Å². The third-order valence-corrected chi connectivity index (χ3v) is 9.17. The van der Waals surface area contributed by atoms with Crippen molar-refractivity contribution < 1.29 is 10.2 Å². The number of aliphatic hydroxyl groups is 2. The van der Waals surface area contributed by atoms with Gasteiger partial charge in [-0.1, -0.05) is 0 Å². The molecule has 17 nitrogen and oxygen atoms in total. The van der Waals surface area contributed by atoms with Crippen molar-refractivity contribution in [2.24, 2.45) is 0 Å². The fraction of sp³-hybridized carbons (Fsp3) is 0.229. The van der Waals surface area contributed by atoms with Crippen LogP contribution in [0.25, 0.3) is 44.8 Å². The first-order chi connectivity index (χ1) is 25.5. The smallest absolute Gasteiger partial charge is 0.152 e. The van der Waals surface area contributed by atoms with Gasteiger partial charge >= 0.3 is 0 Å². The molecular formula is C35H31N15O2. The van der Waals surface area contributed by atoms with E-state index < -0.39 is 12.2 Å². The van der Waals surface area contributed by atoms with Crippen LogP contribution >= 0.6 is 0 Å². The van der Waals surface area contributed by atoms with Crippen molar-refractivity contribution in [1.29, 1.82) is 5.26 Å². The molecule has 0 amide bonds. The number of anilines is 4. The number of rotatable bonds is 8. The minimum Gasteiger partial charge on any atom is -0.392 e. The second-order valence-electron chi connectivity index (χ2n) is 12.7. The molecule has 0 saturated carbocycles. The van der Waals surface area contributed by atoms with E-state index in [9.17, 15) is 15.5 Å². The number of pyridine rings is 2. The molecule has 258 valence electrons. The topological polar surface area (TPSA) is 212 Å². The number of imidazole rings is 2. The Bertz CT molecular complexity index is 2270. The van der Waals surface area contributed by atoms with E-state index in [1.54, 1.807) is 49.1 Å². The first-order valence-electron chi connectivity index (χ1n) is 16.7. The highest BCUT2D eigenvalue weighted by atomic mass is 16.3. The van der Waals surface area contributed by atoms with Crippen LogP contribution in [0.2, 0.25) is 0 Å². The van der Waals surface area contributed by atoms with Gasteiger partial charge in [-0.2, -0.15) is 5.26 Å². The SMILES string of the molecule is N#Cc1cc(-c2nc3cc(N(c4ccncn4)N4CCC(O)C4)ncc3[nH]2)cc(-c2nc3cc(N(c4ccncn4)N4CCC(O)C4)ncc3[nH]2)c1. The number of H-pyrrole nitrogens is 2. The maximum absolute atomic E-state index is 10.3. The monoisotopic (exact) mass is 693 g/mol. The molecule has 6 aromatic heterocycles. The van der Waals surface area contributed by atoms with Crippen molar-refractivity contribution in [1.82, 2.24) is 59.9 Å². The van der Waals surface area contributed by atoms with Crippen molar-refractivity contribution in [3.63, 3.8) is 0 Å². The molecule has 2 fully saturated rings. The molecule has 2 atom stereocenters. The van der Waals surface area contributed by atoms with Gasteiger partial charge in [-0.15, -0.1) is 0 Å². The van der Waals surface area contributed by atoms with Crippen molar-refractivity contribution >= 4 is 45.3 Å². The summed E-state index contributed by atoms with van der Waals surface area (Å²) < 4.78 is 0. The fourth-order valence-electron chi connectivity index (χ4n) is 6.71. The van der Waals surface area contributed by atoms with Crippen LogP contribution in [0.4, 0.5) is 23.3 Å². The molecule has 9 rings (SSSR count). The number of hydrogen-bond donors (Lipinski definition) is 4. The zero-order valence-corrected chi connectivity index (χ0v) is 27.6. The number of benzene rings is 1. The molecule has 0 radical (unpaired) electrons. The number of aliphatic hydroxyl groups excluding tert-OH is 2. The summed E-state index contributed by atoms with van der Waals surface area (Å²) in [6.45, 7) is 2.17. The van der Waals surface area contributed by atoms with Gasteiger partial charge in [0.25, 0.3) is 0 Å². The van der Waals surface area contributed by atoms with E-state index in [1.165, 1.54) is 12.7 Å². The van der Waals surface area contributed by atoms with Crippen molar-refractivity contribution in [2.75, 3.05) is 36.2 Å². The van der Waals surface area contributed by atoms with Gasteiger partial charge in [0.15, 0.2) is 23.3 Å². The van der Waals surface area contributed by atoms with Gasteiger partial charge in [-0.3, -0.25) is 0 Å². The predicted molar refractivity (Wildman–Crippen MR) is 190 cm³/mol. The number of aromatic amines is 2. The maximum atomic E-state index is 10.3. The van der Waals surface area contributed by atoms with Crippen LogP contribution in [0.5, 0.6) is 0 Å². The molecule has 52 heavy (non-hydrogen) atoms. The number of β-amino-alcohol motifs (C(OH)–C–C–N with tert-alkyl or cyclic N) is 2. The number of fused-ring (bicyclic) bond motifs is 2. The Morgan fingerprint density at radius 2 is 1.17 bits per heavy atom. The Morgan fingerprint density at radius 1 is 0.673 bits per heavy atom. The minimum atomic E-state index is -0.444. The Balaban J connectivity index is 1.06. The van der Waals surface area contributed by atoms with Crippen molar-refractivity contribution in [3.05, 3.63) is 85.5 Å². The largest absolute Gasteiger partial charge is 0.392 e. The third-order valence-electron chi connectivity index (χ3n) is 9.17. The summed E-state index contributed by atoms with van der Waals surface area (Å²) in [6.07, 6.45) is 10.1. The second kappa shape index (κ2) is 13.0. The first-order valence-corrected chi connectivity index (χ1v) is 16.7. The Hall–Kier alpha value is -6.45. The van der Waals surface area contributed by atoms with Gasteiger partial charge in [-0.25, -0.2) is 59.9 Å². The van der Waals surface area contributed by atoms with E-state index >= 15 is 0 Å². The molecule has 0 spiro atoms. The highest BCUT2D eigenvalue weighted by Crippen LogP contribution is 2.33. The highest BCUT2D eigenvalue weighted by Gasteiger charge is 2.30. The first kappa shape index (κ1) is 31.5. The van der Waals surface area contributed by atoms with E-state index in [0.29, 0.717) is 113 Å². The molecule has 2 saturated heterocycles. The average molecular weight is 694 g/mol. The zero-order valence-electron chi connectivity index (χ0n) is 27.6. The third kappa shape index (κ3) is 5.91. The molecule has 2 aliphatic heterocycles. The molecule has 17 heteroatoms. The fourth-order valence-corrected chi connectivity index (χ4v) is 6.71. The number of hydrogen-bond acceptors (Lipinski definition) is 15. The predicted octanol–water partition coefficient (Wildman–Crippen LogP) is 3.25. The number of aromatic nitrogens is 10. The van der Waals surface area contributed by atoms with E-state index in [4.69, 9.17) is 19.9 Å². The van der Waals surface area contributed by atoms with Crippen LogP contribution in [0, 0.1) is 11.3 Å². The molecule has 7 aromatic rings.